The summed E-state index contributed by atoms with van der Waals surface area (Å²) in [6.45, 7) is 0.0329. The van der Waals surface area contributed by atoms with E-state index >= 15 is 0 Å². The van der Waals surface area contributed by atoms with Crippen molar-refractivity contribution in [1.82, 2.24) is 14.8 Å². The number of ether oxygens (including phenoxy) is 1. The van der Waals surface area contributed by atoms with E-state index in [-0.39, 0.29) is 36.5 Å². The number of aromatic nitrogens is 1. The van der Waals surface area contributed by atoms with E-state index in [1.54, 1.807) is 4.90 Å². The van der Waals surface area contributed by atoms with Crippen LogP contribution in [0.4, 0.5) is 8.78 Å². The number of carbonyl (C=O) groups is 2. The van der Waals surface area contributed by atoms with Crippen LogP contribution in [-0.4, -0.2) is 44.8 Å². The van der Waals surface area contributed by atoms with Gasteiger partial charge in [-0.15, -0.1) is 0 Å². The highest BCUT2D eigenvalue weighted by atomic mass is 19.2. The molecule has 31 heavy (non-hydrogen) atoms. The van der Waals surface area contributed by atoms with Crippen molar-refractivity contribution in [2.75, 3.05) is 0 Å². The van der Waals surface area contributed by atoms with Crippen molar-refractivity contribution in [3.63, 3.8) is 0 Å². The molecule has 2 aliphatic heterocycles. The predicted molar refractivity (Wildman–Crippen MR) is 102 cm³/mol. The van der Waals surface area contributed by atoms with Gasteiger partial charge in [0.05, 0.1) is 12.6 Å². The number of pyridine rings is 1. The molecule has 0 spiro atoms. The van der Waals surface area contributed by atoms with Gasteiger partial charge in [-0.2, -0.15) is 0 Å². The molecule has 8 nitrogen and oxygen atoms in total. The first-order valence-electron chi connectivity index (χ1n) is 10.00. The molecule has 2 aromatic rings. The summed E-state index contributed by atoms with van der Waals surface area (Å²) < 4.78 is 33.7. The Hall–Kier alpha value is -3.27. The van der Waals surface area contributed by atoms with Gasteiger partial charge in [-0.05, 0) is 37.0 Å². The molecule has 3 atom stereocenters. The van der Waals surface area contributed by atoms with Gasteiger partial charge in [0.2, 0.25) is 5.43 Å². The minimum atomic E-state index is -1.05. The maximum atomic E-state index is 13.3. The van der Waals surface area contributed by atoms with Crippen molar-refractivity contribution in [1.29, 1.82) is 0 Å². The van der Waals surface area contributed by atoms with Gasteiger partial charge < -0.3 is 24.6 Å². The zero-order chi connectivity index (χ0) is 21.9. The van der Waals surface area contributed by atoms with Gasteiger partial charge in [0.25, 0.3) is 11.8 Å². The molecule has 2 bridgehead atoms. The second kappa shape index (κ2) is 7.16. The van der Waals surface area contributed by atoms with Gasteiger partial charge in [0, 0.05) is 18.8 Å². The zero-order valence-electron chi connectivity index (χ0n) is 16.3. The van der Waals surface area contributed by atoms with E-state index < -0.39 is 40.9 Å². The second-order valence-electron chi connectivity index (χ2n) is 8.04. The standard InChI is InChI=1S/C21H19F2N3O5/c22-14-4-1-10(5-15(14)23)7-24-20(29)13-8-25-9-16-26(11-2-3-12(6-11)31-16)21(30)17(25)19(28)18(13)27/h1,4-5,8,11-12,16,28H,2-3,6-7,9H2,(H,24,29). The molecule has 2 N–H and O–H groups in total. The van der Waals surface area contributed by atoms with Crippen LogP contribution in [-0.2, 0) is 17.8 Å². The van der Waals surface area contributed by atoms with Gasteiger partial charge in [0.15, 0.2) is 29.3 Å². The number of halogens is 2. The van der Waals surface area contributed by atoms with Crippen LogP contribution < -0.4 is 10.7 Å². The van der Waals surface area contributed by atoms with E-state index in [9.17, 15) is 28.3 Å². The summed E-state index contributed by atoms with van der Waals surface area (Å²) in [5.74, 6) is -4.15. The Bertz CT molecular complexity index is 1160. The lowest BCUT2D eigenvalue weighted by molar-refractivity contribution is -0.132. The average Bonchev–Trinajstić information content (AvgIpc) is 3.11. The van der Waals surface area contributed by atoms with Crippen molar-refractivity contribution in [3.8, 4) is 5.75 Å². The largest absolute Gasteiger partial charge is 0.503 e. The van der Waals surface area contributed by atoms with E-state index in [4.69, 9.17) is 4.74 Å². The van der Waals surface area contributed by atoms with E-state index in [2.05, 4.69) is 5.32 Å². The van der Waals surface area contributed by atoms with Crippen LogP contribution in [0.3, 0.4) is 0 Å². The summed E-state index contributed by atoms with van der Waals surface area (Å²) in [6.07, 6.45) is 3.17. The van der Waals surface area contributed by atoms with Crippen molar-refractivity contribution in [2.45, 2.75) is 50.7 Å². The Morgan fingerprint density at radius 2 is 2.03 bits per heavy atom. The molecular weight excluding hydrogens is 412 g/mol. The van der Waals surface area contributed by atoms with Gasteiger partial charge in [0.1, 0.15) is 5.56 Å². The molecule has 1 aromatic heterocycles. The SMILES string of the molecule is O=C(NCc1ccc(F)c(F)c1)c1cn2c(c(O)c1=O)C(=O)N1C3CCC(C3)OC1C2. The van der Waals surface area contributed by atoms with E-state index in [0.29, 0.717) is 5.56 Å². The highest BCUT2D eigenvalue weighted by Gasteiger charge is 2.47. The van der Waals surface area contributed by atoms with Crippen molar-refractivity contribution in [3.05, 3.63) is 63.1 Å². The Kier molecular flexibility index (Phi) is 4.54. The molecule has 10 heteroatoms. The van der Waals surface area contributed by atoms with Crippen LogP contribution >= 0.6 is 0 Å². The van der Waals surface area contributed by atoms with Crippen LogP contribution in [0.1, 0.15) is 45.7 Å². The first-order chi connectivity index (χ1) is 14.8. The smallest absolute Gasteiger partial charge is 0.276 e. The number of nitrogens with one attached hydrogen (secondary N) is 1. The lowest BCUT2D eigenvalue weighted by atomic mass is 10.1. The van der Waals surface area contributed by atoms with Gasteiger partial charge in [-0.3, -0.25) is 14.4 Å². The number of hydrogen-bond acceptors (Lipinski definition) is 5. The molecule has 3 heterocycles. The molecule has 2 fully saturated rings. The van der Waals surface area contributed by atoms with Crippen molar-refractivity contribution < 1.29 is 28.2 Å². The molecule has 5 rings (SSSR count). The van der Waals surface area contributed by atoms with Crippen LogP contribution in [0.25, 0.3) is 0 Å². The molecule has 0 radical (unpaired) electrons. The van der Waals surface area contributed by atoms with E-state index in [1.165, 1.54) is 16.8 Å². The molecule has 1 saturated heterocycles. The molecular formula is C21H19F2N3O5. The molecule has 2 amide bonds. The fraction of sp³-hybridized carbons (Fsp3) is 0.381. The number of fused-ring (bicyclic) bond motifs is 5. The molecule has 162 valence electrons. The number of benzene rings is 1. The Morgan fingerprint density at radius 3 is 2.81 bits per heavy atom. The lowest BCUT2D eigenvalue weighted by Gasteiger charge is -2.44. The van der Waals surface area contributed by atoms with Gasteiger partial charge >= 0.3 is 0 Å². The van der Waals surface area contributed by atoms with Crippen LogP contribution in [0, 0.1) is 11.6 Å². The first kappa shape index (κ1) is 19.7. The Morgan fingerprint density at radius 1 is 1.23 bits per heavy atom. The number of nitrogens with zero attached hydrogens (tertiary/aromatic N) is 2. The van der Waals surface area contributed by atoms with Crippen LogP contribution in [0.15, 0.2) is 29.2 Å². The summed E-state index contributed by atoms with van der Waals surface area (Å²) in [5.41, 5.74) is -1.19. The summed E-state index contributed by atoms with van der Waals surface area (Å²) >= 11 is 0. The molecule has 3 aliphatic rings. The number of amides is 2. The third-order valence-corrected chi connectivity index (χ3v) is 6.14. The molecule has 1 aromatic carbocycles. The Labute approximate surface area is 175 Å². The summed E-state index contributed by atoms with van der Waals surface area (Å²) in [4.78, 5) is 39.8. The topological polar surface area (TPSA) is 101 Å². The van der Waals surface area contributed by atoms with Crippen molar-refractivity contribution >= 4 is 11.8 Å². The third-order valence-electron chi connectivity index (χ3n) is 6.14. The van der Waals surface area contributed by atoms with Crippen LogP contribution in [0.5, 0.6) is 5.75 Å². The minimum absolute atomic E-state index is 0.0126. The monoisotopic (exact) mass is 431 g/mol. The normalized spacial score (nSPS) is 24.0. The zero-order valence-corrected chi connectivity index (χ0v) is 16.3. The molecule has 3 unspecified atom stereocenters. The fourth-order valence-electron chi connectivity index (χ4n) is 4.64. The maximum Gasteiger partial charge on any atom is 0.276 e. The van der Waals surface area contributed by atoms with Crippen LogP contribution in [0.2, 0.25) is 0 Å². The Balaban J connectivity index is 1.42. The average molecular weight is 431 g/mol. The van der Waals surface area contributed by atoms with Crippen molar-refractivity contribution in [2.24, 2.45) is 0 Å². The summed E-state index contributed by atoms with van der Waals surface area (Å²) in [7, 11) is 0. The van der Waals surface area contributed by atoms with E-state index in [1.807, 2.05) is 0 Å². The highest BCUT2D eigenvalue weighted by Crippen LogP contribution is 2.38. The van der Waals surface area contributed by atoms with Gasteiger partial charge in [-0.25, -0.2) is 8.78 Å². The first-order valence-corrected chi connectivity index (χ1v) is 10.00. The lowest BCUT2D eigenvalue weighted by Crippen LogP contribution is -2.57. The number of hydrogen-bond donors (Lipinski definition) is 2. The third kappa shape index (κ3) is 3.18. The van der Waals surface area contributed by atoms with Gasteiger partial charge in [-0.1, -0.05) is 6.07 Å². The van der Waals surface area contributed by atoms with E-state index in [0.717, 1.165) is 31.4 Å². The molecule has 1 saturated carbocycles. The number of aromatic hydroxyl groups is 1. The predicted octanol–water partition coefficient (Wildman–Crippen LogP) is 1.50. The number of rotatable bonds is 3. The minimum Gasteiger partial charge on any atom is -0.503 e. The quantitative estimate of drug-likeness (QED) is 0.767. The molecule has 1 aliphatic carbocycles. The summed E-state index contributed by atoms with van der Waals surface area (Å²) in [6, 6.07) is 3.19. The number of carbonyl (C=O) groups excluding carboxylic acids is 2. The maximum absolute atomic E-state index is 13.3. The second-order valence-corrected chi connectivity index (χ2v) is 8.04. The summed E-state index contributed by atoms with van der Waals surface area (Å²) in [5, 5.41) is 12.9. The fourth-order valence-corrected chi connectivity index (χ4v) is 4.64. The highest BCUT2D eigenvalue weighted by molar-refractivity contribution is 5.99.